The third-order valence-corrected chi connectivity index (χ3v) is 3.92. The van der Waals surface area contributed by atoms with Gasteiger partial charge < -0.3 is 0 Å². The molecule has 2 aromatic rings. The fourth-order valence-electron chi connectivity index (χ4n) is 2.15. The summed E-state index contributed by atoms with van der Waals surface area (Å²) in [6.07, 6.45) is 0. The predicted octanol–water partition coefficient (Wildman–Crippen LogP) is 3.77. The van der Waals surface area contributed by atoms with Crippen LogP contribution in [0.25, 0.3) is 0 Å². The lowest BCUT2D eigenvalue weighted by Crippen LogP contribution is -2.29. The SMILES string of the molecule is O=C1C(=O)N(Cc2nc(Cl)ccc2Cl)c2ccc(Cl)cc21. The molecule has 0 bridgehead atoms. The number of halogens is 3. The van der Waals surface area contributed by atoms with E-state index in [1.807, 2.05) is 0 Å². The fraction of sp³-hybridized carbons (Fsp3) is 0.0714. The normalized spacial score (nSPS) is 13.8. The van der Waals surface area contributed by atoms with Crippen LogP contribution in [0, 0.1) is 0 Å². The number of carbonyl (C=O) groups excluding carboxylic acids is 2. The van der Waals surface area contributed by atoms with E-state index in [1.54, 1.807) is 24.3 Å². The van der Waals surface area contributed by atoms with E-state index in [-0.39, 0.29) is 17.3 Å². The zero-order valence-electron chi connectivity index (χ0n) is 10.4. The summed E-state index contributed by atoms with van der Waals surface area (Å²) in [4.78, 5) is 29.5. The number of hydrogen-bond acceptors (Lipinski definition) is 3. The van der Waals surface area contributed by atoms with Crippen molar-refractivity contribution >= 4 is 52.2 Å². The Bertz CT molecular complexity index is 777. The number of amides is 1. The highest BCUT2D eigenvalue weighted by molar-refractivity contribution is 6.52. The average molecular weight is 342 g/mol. The number of hydrogen-bond donors (Lipinski definition) is 0. The minimum Gasteiger partial charge on any atom is -0.299 e. The Kier molecular flexibility index (Phi) is 3.61. The van der Waals surface area contributed by atoms with Gasteiger partial charge in [-0.15, -0.1) is 0 Å². The molecule has 0 unspecified atom stereocenters. The van der Waals surface area contributed by atoms with Crippen molar-refractivity contribution < 1.29 is 9.59 Å². The summed E-state index contributed by atoms with van der Waals surface area (Å²) in [5.41, 5.74) is 1.20. The molecule has 0 saturated carbocycles. The van der Waals surface area contributed by atoms with Gasteiger partial charge >= 0.3 is 0 Å². The van der Waals surface area contributed by atoms with E-state index >= 15 is 0 Å². The second-order valence-electron chi connectivity index (χ2n) is 4.44. The molecule has 3 rings (SSSR count). The van der Waals surface area contributed by atoms with Gasteiger partial charge in [0.15, 0.2) is 0 Å². The van der Waals surface area contributed by atoms with Crippen LogP contribution in [0.2, 0.25) is 15.2 Å². The van der Waals surface area contributed by atoms with E-state index in [4.69, 9.17) is 34.8 Å². The summed E-state index contributed by atoms with van der Waals surface area (Å²) < 4.78 is 0. The maximum Gasteiger partial charge on any atom is 0.299 e. The molecule has 2 heterocycles. The van der Waals surface area contributed by atoms with Gasteiger partial charge in [0.2, 0.25) is 0 Å². The van der Waals surface area contributed by atoms with Gasteiger partial charge in [0, 0.05) is 5.02 Å². The molecule has 0 aliphatic carbocycles. The maximum atomic E-state index is 12.1. The molecule has 0 fully saturated rings. The number of nitrogens with zero attached hydrogens (tertiary/aromatic N) is 2. The molecule has 106 valence electrons. The van der Waals surface area contributed by atoms with Gasteiger partial charge in [0.25, 0.3) is 11.7 Å². The van der Waals surface area contributed by atoms with E-state index in [0.717, 1.165) is 0 Å². The Hall–Kier alpha value is -1.62. The smallest absolute Gasteiger partial charge is 0.299 e. The van der Waals surface area contributed by atoms with Crippen molar-refractivity contribution in [1.82, 2.24) is 4.98 Å². The molecular weight excluding hydrogens is 335 g/mol. The second kappa shape index (κ2) is 5.30. The van der Waals surface area contributed by atoms with Crippen molar-refractivity contribution in [2.75, 3.05) is 4.90 Å². The molecule has 7 heteroatoms. The van der Waals surface area contributed by atoms with Gasteiger partial charge in [-0.05, 0) is 30.3 Å². The van der Waals surface area contributed by atoms with Crippen LogP contribution in [0.5, 0.6) is 0 Å². The number of rotatable bonds is 2. The minimum atomic E-state index is -0.634. The Morgan fingerprint density at radius 1 is 1.05 bits per heavy atom. The first-order valence-corrected chi connectivity index (χ1v) is 7.07. The number of carbonyl (C=O) groups is 2. The molecule has 21 heavy (non-hydrogen) atoms. The number of fused-ring (bicyclic) bond motifs is 1. The van der Waals surface area contributed by atoms with Crippen molar-refractivity contribution in [2.24, 2.45) is 0 Å². The van der Waals surface area contributed by atoms with Crippen LogP contribution in [0.3, 0.4) is 0 Å². The quantitative estimate of drug-likeness (QED) is 0.617. The van der Waals surface area contributed by atoms with Gasteiger partial charge in [-0.3, -0.25) is 14.5 Å². The highest BCUT2D eigenvalue weighted by Crippen LogP contribution is 2.33. The molecular formula is C14H7Cl3N2O2. The van der Waals surface area contributed by atoms with Gasteiger partial charge in [-0.25, -0.2) is 4.98 Å². The molecule has 0 saturated heterocycles. The molecule has 1 aromatic heterocycles. The van der Waals surface area contributed by atoms with Crippen LogP contribution in [0.1, 0.15) is 16.1 Å². The second-order valence-corrected chi connectivity index (χ2v) is 5.68. The Balaban J connectivity index is 2.02. The number of ketones is 1. The Morgan fingerprint density at radius 3 is 2.57 bits per heavy atom. The van der Waals surface area contributed by atoms with Crippen LogP contribution in [-0.4, -0.2) is 16.7 Å². The monoisotopic (exact) mass is 340 g/mol. The van der Waals surface area contributed by atoms with Crippen LogP contribution in [0.4, 0.5) is 5.69 Å². The summed E-state index contributed by atoms with van der Waals surface area (Å²) >= 11 is 17.7. The average Bonchev–Trinajstić information content (AvgIpc) is 2.68. The summed E-state index contributed by atoms with van der Waals surface area (Å²) in [7, 11) is 0. The summed E-state index contributed by atoms with van der Waals surface area (Å²) in [5, 5.41) is 1.04. The third kappa shape index (κ3) is 2.50. The third-order valence-electron chi connectivity index (χ3n) is 3.13. The van der Waals surface area contributed by atoms with Crippen molar-refractivity contribution in [3.63, 3.8) is 0 Å². The van der Waals surface area contributed by atoms with Crippen LogP contribution in [-0.2, 0) is 11.3 Å². The molecule has 1 aliphatic heterocycles. The molecule has 0 N–H and O–H groups in total. The molecule has 1 amide bonds. The molecule has 4 nitrogen and oxygen atoms in total. The van der Waals surface area contributed by atoms with Crippen molar-refractivity contribution in [3.05, 3.63) is 56.8 Å². The Labute approximate surface area is 135 Å². The van der Waals surface area contributed by atoms with E-state index in [9.17, 15) is 9.59 Å². The van der Waals surface area contributed by atoms with Gasteiger partial charge in [-0.2, -0.15) is 0 Å². The molecule has 0 spiro atoms. The first-order chi connectivity index (χ1) is 9.97. The standard InChI is InChI=1S/C14H7Cl3N2O2/c15-7-1-3-11-8(5-7)13(20)14(21)19(11)6-10-9(16)2-4-12(17)18-10/h1-5H,6H2. The zero-order valence-corrected chi connectivity index (χ0v) is 12.7. The van der Waals surface area contributed by atoms with E-state index in [1.165, 1.54) is 11.0 Å². The summed E-state index contributed by atoms with van der Waals surface area (Å²) in [6, 6.07) is 7.87. The minimum absolute atomic E-state index is 0.0681. The maximum absolute atomic E-state index is 12.1. The number of pyridine rings is 1. The molecule has 1 aliphatic rings. The van der Waals surface area contributed by atoms with Gasteiger partial charge in [-0.1, -0.05) is 34.8 Å². The fourth-order valence-corrected chi connectivity index (χ4v) is 2.65. The molecule has 1 aromatic carbocycles. The Morgan fingerprint density at radius 2 is 1.81 bits per heavy atom. The van der Waals surface area contributed by atoms with Crippen molar-refractivity contribution in [3.8, 4) is 0 Å². The zero-order chi connectivity index (χ0) is 15.1. The van der Waals surface area contributed by atoms with Gasteiger partial charge in [0.05, 0.1) is 28.5 Å². The van der Waals surface area contributed by atoms with Crippen molar-refractivity contribution in [2.45, 2.75) is 6.54 Å². The largest absolute Gasteiger partial charge is 0.299 e. The highest BCUT2D eigenvalue weighted by Gasteiger charge is 2.36. The number of benzene rings is 1. The lowest BCUT2D eigenvalue weighted by atomic mass is 10.1. The molecule has 0 atom stereocenters. The predicted molar refractivity (Wildman–Crippen MR) is 81.2 cm³/mol. The van der Waals surface area contributed by atoms with Crippen molar-refractivity contribution in [1.29, 1.82) is 0 Å². The number of Topliss-reactive ketones (excluding diaryl/α,β-unsaturated/α-hetero) is 1. The molecule has 0 radical (unpaired) electrons. The van der Waals surface area contributed by atoms with E-state index < -0.39 is 11.7 Å². The number of aromatic nitrogens is 1. The highest BCUT2D eigenvalue weighted by atomic mass is 35.5. The first kappa shape index (κ1) is 14.3. The summed E-state index contributed by atoms with van der Waals surface area (Å²) in [5.74, 6) is -1.23. The van der Waals surface area contributed by atoms with E-state index in [0.29, 0.717) is 21.4 Å². The van der Waals surface area contributed by atoms with Crippen LogP contribution >= 0.6 is 34.8 Å². The van der Waals surface area contributed by atoms with E-state index in [2.05, 4.69) is 4.98 Å². The summed E-state index contributed by atoms with van der Waals surface area (Å²) in [6.45, 7) is 0.0681. The lowest BCUT2D eigenvalue weighted by molar-refractivity contribution is -0.114. The first-order valence-electron chi connectivity index (χ1n) is 5.94. The van der Waals surface area contributed by atoms with Crippen LogP contribution in [0.15, 0.2) is 30.3 Å². The number of anilines is 1. The van der Waals surface area contributed by atoms with Gasteiger partial charge in [0.1, 0.15) is 5.15 Å². The topological polar surface area (TPSA) is 50.3 Å². The lowest BCUT2D eigenvalue weighted by Gasteiger charge is -2.16. The van der Waals surface area contributed by atoms with Crippen LogP contribution < -0.4 is 4.90 Å².